The number of imide groups is 1. The number of fused-ring (bicyclic) bond motifs is 2. The Morgan fingerprint density at radius 1 is 1.12 bits per heavy atom. The van der Waals surface area contributed by atoms with Crippen LogP contribution in [0.15, 0.2) is 51.7 Å². The summed E-state index contributed by atoms with van der Waals surface area (Å²) in [4.78, 5) is 51.8. The smallest absolute Gasteiger partial charge is 0.336 e. The second-order valence-electron chi connectivity index (χ2n) is 7.61. The Hall–Kier alpha value is -3.59. The van der Waals surface area contributed by atoms with Crippen LogP contribution in [0.2, 0.25) is 0 Å². The SMILES string of the molecule is CSCC[C@@H](C(=O)OCc1cc(=O)oc2c(C)c(O)ccc12)N1C(=O)c2ccccc2C1=O. The number of carbonyl (C=O) groups excluding carboxylic acids is 3. The van der Waals surface area contributed by atoms with E-state index in [0.29, 0.717) is 22.3 Å². The lowest BCUT2D eigenvalue weighted by Gasteiger charge is -2.24. The highest BCUT2D eigenvalue weighted by Gasteiger charge is 2.43. The fraction of sp³-hybridized carbons (Fsp3) is 0.250. The number of benzene rings is 2. The van der Waals surface area contributed by atoms with Crippen LogP contribution < -0.4 is 5.63 Å². The molecule has 3 aromatic rings. The predicted molar refractivity (Wildman–Crippen MR) is 122 cm³/mol. The lowest BCUT2D eigenvalue weighted by atomic mass is 10.1. The molecule has 1 aliphatic heterocycles. The Balaban J connectivity index is 1.61. The van der Waals surface area contributed by atoms with Crippen molar-refractivity contribution in [3.63, 3.8) is 0 Å². The van der Waals surface area contributed by atoms with Gasteiger partial charge in [0.1, 0.15) is 24.0 Å². The van der Waals surface area contributed by atoms with E-state index >= 15 is 0 Å². The van der Waals surface area contributed by atoms with Crippen molar-refractivity contribution < 1.29 is 28.6 Å². The zero-order chi connectivity index (χ0) is 23.7. The lowest BCUT2D eigenvalue weighted by molar-refractivity contribution is -0.149. The Bertz CT molecular complexity index is 1300. The van der Waals surface area contributed by atoms with E-state index < -0.39 is 29.5 Å². The number of ether oxygens (including phenoxy) is 1. The van der Waals surface area contributed by atoms with Gasteiger partial charge in [-0.1, -0.05) is 12.1 Å². The third-order valence-electron chi connectivity index (χ3n) is 5.59. The van der Waals surface area contributed by atoms with Crippen LogP contribution in [-0.4, -0.2) is 45.8 Å². The highest BCUT2D eigenvalue weighted by Crippen LogP contribution is 2.29. The number of hydrogen-bond acceptors (Lipinski definition) is 8. The zero-order valence-electron chi connectivity index (χ0n) is 18.0. The van der Waals surface area contributed by atoms with E-state index in [2.05, 4.69) is 0 Å². The van der Waals surface area contributed by atoms with Crippen LogP contribution in [0.4, 0.5) is 0 Å². The molecule has 170 valence electrons. The molecule has 0 spiro atoms. The fourth-order valence-corrected chi connectivity index (χ4v) is 4.31. The summed E-state index contributed by atoms with van der Waals surface area (Å²) in [6.07, 6.45) is 2.09. The van der Waals surface area contributed by atoms with E-state index in [9.17, 15) is 24.3 Å². The Kier molecular flexibility index (Phi) is 6.24. The maximum absolute atomic E-state index is 13.1. The molecule has 1 atom stereocenters. The summed E-state index contributed by atoms with van der Waals surface area (Å²) in [7, 11) is 0. The van der Waals surface area contributed by atoms with E-state index in [1.165, 1.54) is 23.9 Å². The van der Waals surface area contributed by atoms with Gasteiger partial charge in [-0.15, -0.1) is 0 Å². The average molecular weight is 467 g/mol. The number of carbonyl (C=O) groups is 3. The van der Waals surface area contributed by atoms with E-state index in [-0.39, 0.29) is 35.5 Å². The Morgan fingerprint density at radius 2 is 1.79 bits per heavy atom. The molecule has 0 fully saturated rings. The maximum atomic E-state index is 13.1. The molecule has 1 aromatic heterocycles. The van der Waals surface area contributed by atoms with Crippen molar-refractivity contribution in [1.29, 1.82) is 0 Å². The quantitative estimate of drug-likeness (QED) is 0.320. The van der Waals surface area contributed by atoms with Gasteiger partial charge in [-0.25, -0.2) is 9.59 Å². The molecule has 8 nitrogen and oxygen atoms in total. The average Bonchev–Trinajstić information content (AvgIpc) is 3.06. The van der Waals surface area contributed by atoms with Crippen LogP contribution >= 0.6 is 11.8 Å². The first-order chi connectivity index (χ1) is 15.8. The number of aromatic hydroxyl groups is 1. The molecule has 2 heterocycles. The number of thioether (sulfide) groups is 1. The first-order valence-corrected chi connectivity index (χ1v) is 11.6. The lowest BCUT2D eigenvalue weighted by Crippen LogP contribution is -2.46. The van der Waals surface area contributed by atoms with Crippen LogP contribution in [0.1, 0.15) is 38.3 Å². The van der Waals surface area contributed by atoms with Gasteiger partial charge >= 0.3 is 11.6 Å². The molecule has 0 bridgehead atoms. The van der Waals surface area contributed by atoms with Crippen molar-refractivity contribution in [1.82, 2.24) is 4.90 Å². The van der Waals surface area contributed by atoms with Crippen LogP contribution in [-0.2, 0) is 16.1 Å². The van der Waals surface area contributed by atoms with Crippen molar-refractivity contribution in [2.75, 3.05) is 12.0 Å². The Labute approximate surface area is 193 Å². The predicted octanol–water partition coefficient (Wildman–Crippen LogP) is 3.27. The van der Waals surface area contributed by atoms with Gasteiger partial charge in [0, 0.05) is 22.6 Å². The van der Waals surface area contributed by atoms with Crippen LogP contribution in [0.25, 0.3) is 11.0 Å². The summed E-state index contributed by atoms with van der Waals surface area (Å²) in [5.41, 5.74) is 0.845. The fourth-order valence-electron chi connectivity index (χ4n) is 3.85. The number of rotatable bonds is 7. The molecular weight excluding hydrogens is 446 g/mol. The van der Waals surface area contributed by atoms with Crippen LogP contribution in [0.3, 0.4) is 0 Å². The minimum atomic E-state index is -1.10. The maximum Gasteiger partial charge on any atom is 0.336 e. The first kappa shape index (κ1) is 22.6. The number of hydrogen-bond donors (Lipinski definition) is 1. The minimum Gasteiger partial charge on any atom is -0.508 e. The van der Waals surface area contributed by atoms with Gasteiger partial charge in [-0.3, -0.25) is 14.5 Å². The normalized spacial score (nSPS) is 13.9. The number of nitrogens with zero attached hydrogens (tertiary/aromatic N) is 1. The summed E-state index contributed by atoms with van der Waals surface area (Å²) >= 11 is 1.48. The van der Waals surface area contributed by atoms with Crippen LogP contribution in [0, 0.1) is 6.92 Å². The number of esters is 1. The minimum absolute atomic E-state index is 0.0254. The second kappa shape index (κ2) is 9.11. The monoisotopic (exact) mass is 467 g/mol. The summed E-state index contributed by atoms with van der Waals surface area (Å²) in [5, 5.41) is 10.4. The van der Waals surface area contributed by atoms with Crippen molar-refractivity contribution in [2.24, 2.45) is 0 Å². The van der Waals surface area contributed by atoms with E-state index in [4.69, 9.17) is 9.15 Å². The molecule has 0 radical (unpaired) electrons. The number of aryl methyl sites for hydroxylation is 1. The zero-order valence-corrected chi connectivity index (χ0v) is 18.8. The van der Waals surface area contributed by atoms with Gasteiger partial charge in [0.15, 0.2) is 0 Å². The van der Waals surface area contributed by atoms with E-state index in [1.807, 2.05) is 6.26 Å². The molecule has 1 aliphatic rings. The van der Waals surface area contributed by atoms with Crippen molar-refractivity contribution in [2.45, 2.75) is 26.0 Å². The molecule has 2 aromatic carbocycles. The topological polar surface area (TPSA) is 114 Å². The third-order valence-corrected chi connectivity index (χ3v) is 6.24. The molecular formula is C24H21NO7S. The van der Waals surface area contributed by atoms with E-state index in [1.54, 1.807) is 37.3 Å². The van der Waals surface area contributed by atoms with Gasteiger partial charge in [-0.05, 0) is 49.6 Å². The molecule has 9 heteroatoms. The number of phenolic OH excluding ortho intramolecular Hbond substituents is 1. The standard InChI is InChI=1S/C24H21NO7S/c1-13-19(26)8-7-15-14(11-20(27)32-21(13)15)12-31-24(30)18(9-10-33-2)25-22(28)16-5-3-4-6-17(16)23(25)29/h3-8,11,18,26H,9-10,12H2,1-2H3/t18-/m0/s1. The molecule has 0 saturated carbocycles. The third kappa shape index (κ3) is 4.11. The van der Waals surface area contributed by atoms with Crippen molar-refractivity contribution in [3.05, 3.63) is 75.1 Å². The summed E-state index contributed by atoms with van der Waals surface area (Å²) in [6, 6.07) is 9.58. The van der Waals surface area contributed by atoms with Crippen LogP contribution in [0.5, 0.6) is 5.75 Å². The number of amides is 2. The van der Waals surface area contributed by atoms with Gasteiger partial charge in [0.25, 0.3) is 11.8 Å². The first-order valence-electron chi connectivity index (χ1n) is 10.2. The highest BCUT2D eigenvalue weighted by molar-refractivity contribution is 7.98. The molecule has 1 N–H and O–H groups in total. The highest BCUT2D eigenvalue weighted by atomic mass is 32.2. The van der Waals surface area contributed by atoms with Gasteiger partial charge in [0.2, 0.25) is 0 Å². The summed E-state index contributed by atoms with van der Waals surface area (Å²) < 4.78 is 10.7. The molecule has 0 aliphatic carbocycles. The summed E-state index contributed by atoms with van der Waals surface area (Å²) in [6.45, 7) is 1.35. The van der Waals surface area contributed by atoms with Gasteiger partial charge < -0.3 is 14.3 Å². The largest absolute Gasteiger partial charge is 0.508 e. The van der Waals surface area contributed by atoms with Crippen molar-refractivity contribution in [3.8, 4) is 5.75 Å². The van der Waals surface area contributed by atoms with E-state index in [0.717, 1.165) is 4.90 Å². The molecule has 4 rings (SSSR count). The van der Waals surface area contributed by atoms with Gasteiger partial charge in [-0.2, -0.15) is 11.8 Å². The second-order valence-corrected chi connectivity index (χ2v) is 8.59. The molecule has 0 saturated heterocycles. The number of phenols is 1. The molecule has 33 heavy (non-hydrogen) atoms. The van der Waals surface area contributed by atoms with Gasteiger partial charge in [0.05, 0.1) is 11.1 Å². The molecule has 0 unspecified atom stereocenters. The molecule has 2 amide bonds. The van der Waals surface area contributed by atoms with Crippen molar-refractivity contribution >= 4 is 40.5 Å². The Morgan fingerprint density at radius 3 is 2.42 bits per heavy atom. The summed E-state index contributed by atoms with van der Waals surface area (Å²) in [5.74, 6) is -1.30.